The van der Waals surface area contributed by atoms with Crippen LogP contribution in [0.1, 0.15) is 40.3 Å². The van der Waals surface area contributed by atoms with Crippen LogP contribution in [0.5, 0.6) is 0 Å². The van der Waals surface area contributed by atoms with Crippen LogP contribution in [0.3, 0.4) is 0 Å². The Morgan fingerprint density at radius 3 is 2.77 bits per heavy atom. The van der Waals surface area contributed by atoms with E-state index in [1.807, 2.05) is 0 Å². The van der Waals surface area contributed by atoms with E-state index in [1.54, 1.807) is 25.1 Å². The number of amides is 1. The van der Waals surface area contributed by atoms with Gasteiger partial charge in [-0.05, 0) is 17.5 Å². The Morgan fingerprint density at radius 1 is 1.41 bits per heavy atom. The summed E-state index contributed by atoms with van der Waals surface area (Å²) in [5.74, 6) is -1.90. The number of nitrogens with one attached hydrogen (secondary N) is 1. The normalized spacial score (nSPS) is 11.9. The van der Waals surface area contributed by atoms with Crippen molar-refractivity contribution in [3.05, 3.63) is 51.7 Å². The van der Waals surface area contributed by atoms with Crippen molar-refractivity contribution in [2.75, 3.05) is 0 Å². The maximum Gasteiger partial charge on any atom is 0.355 e. The van der Waals surface area contributed by atoms with E-state index in [-0.39, 0.29) is 36.3 Å². The van der Waals surface area contributed by atoms with E-state index >= 15 is 0 Å². The smallest absolute Gasteiger partial charge is 0.355 e. The molecular formula is C15H15FN2O3S. The molecule has 0 spiro atoms. The van der Waals surface area contributed by atoms with E-state index in [0.717, 1.165) is 0 Å². The van der Waals surface area contributed by atoms with E-state index in [1.165, 1.54) is 22.8 Å². The van der Waals surface area contributed by atoms with Gasteiger partial charge in [0.25, 0.3) is 0 Å². The summed E-state index contributed by atoms with van der Waals surface area (Å²) in [4.78, 5) is 26.5. The van der Waals surface area contributed by atoms with E-state index in [2.05, 4.69) is 10.3 Å². The number of hydrogen-bond donors (Lipinski definition) is 2. The van der Waals surface area contributed by atoms with Crippen LogP contribution in [0.15, 0.2) is 29.6 Å². The van der Waals surface area contributed by atoms with Crippen molar-refractivity contribution in [1.82, 2.24) is 10.3 Å². The fourth-order valence-electron chi connectivity index (χ4n) is 2.00. The molecule has 7 heteroatoms. The Hall–Kier alpha value is -2.28. The topological polar surface area (TPSA) is 79.3 Å². The van der Waals surface area contributed by atoms with Crippen molar-refractivity contribution in [3.8, 4) is 0 Å². The molecular weight excluding hydrogens is 307 g/mol. The SMILES string of the molecule is CC(CC(=O)NCc1nc(C(=O)O)cs1)c1ccccc1F. The number of carbonyl (C=O) groups is 2. The lowest BCUT2D eigenvalue weighted by Gasteiger charge is -2.12. The maximum absolute atomic E-state index is 13.6. The zero-order valence-corrected chi connectivity index (χ0v) is 12.7. The van der Waals surface area contributed by atoms with Crippen molar-refractivity contribution in [2.45, 2.75) is 25.8 Å². The fourth-order valence-corrected chi connectivity index (χ4v) is 2.71. The third-order valence-corrected chi connectivity index (χ3v) is 3.98. The van der Waals surface area contributed by atoms with Crippen LogP contribution in [0, 0.1) is 5.82 Å². The second-order valence-corrected chi connectivity index (χ2v) is 5.78. The molecule has 22 heavy (non-hydrogen) atoms. The maximum atomic E-state index is 13.6. The van der Waals surface area contributed by atoms with Crippen LogP contribution >= 0.6 is 11.3 Å². The van der Waals surface area contributed by atoms with Gasteiger partial charge in [0.1, 0.15) is 10.8 Å². The van der Waals surface area contributed by atoms with Crippen molar-refractivity contribution in [3.63, 3.8) is 0 Å². The average Bonchev–Trinajstić information content (AvgIpc) is 2.94. The van der Waals surface area contributed by atoms with Crippen LogP contribution in [-0.2, 0) is 11.3 Å². The molecule has 0 radical (unpaired) electrons. The van der Waals surface area contributed by atoms with Gasteiger partial charge in [0.15, 0.2) is 5.69 Å². The lowest BCUT2D eigenvalue weighted by molar-refractivity contribution is -0.121. The molecule has 0 saturated heterocycles. The second-order valence-electron chi connectivity index (χ2n) is 4.84. The lowest BCUT2D eigenvalue weighted by atomic mass is 9.97. The van der Waals surface area contributed by atoms with Gasteiger partial charge in [0, 0.05) is 11.8 Å². The zero-order valence-electron chi connectivity index (χ0n) is 11.9. The van der Waals surface area contributed by atoms with Crippen LogP contribution < -0.4 is 5.32 Å². The van der Waals surface area contributed by atoms with Crippen LogP contribution in [0.25, 0.3) is 0 Å². The lowest BCUT2D eigenvalue weighted by Crippen LogP contribution is -2.24. The van der Waals surface area contributed by atoms with Gasteiger partial charge in [-0.2, -0.15) is 0 Å². The number of hydrogen-bond acceptors (Lipinski definition) is 4. The van der Waals surface area contributed by atoms with Gasteiger partial charge in [-0.3, -0.25) is 4.79 Å². The number of aromatic carboxylic acids is 1. The molecule has 0 bridgehead atoms. The van der Waals surface area contributed by atoms with Crippen LogP contribution in [0.4, 0.5) is 4.39 Å². The van der Waals surface area contributed by atoms with Crippen molar-refractivity contribution in [1.29, 1.82) is 0 Å². The Balaban J connectivity index is 1.87. The number of carbonyl (C=O) groups excluding carboxylic acids is 1. The number of carboxylic acid groups (broad SMARTS) is 1. The van der Waals surface area contributed by atoms with Crippen molar-refractivity contribution < 1.29 is 19.1 Å². The summed E-state index contributed by atoms with van der Waals surface area (Å²) in [6.07, 6.45) is 0.151. The molecule has 0 aliphatic carbocycles. The van der Waals surface area contributed by atoms with E-state index in [0.29, 0.717) is 10.6 Å². The largest absolute Gasteiger partial charge is 0.476 e. The van der Waals surface area contributed by atoms with Crippen molar-refractivity contribution >= 4 is 23.2 Å². The summed E-state index contributed by atoms with van der Waals surface area (Å²) < 4.78 is 13.6. The molecule has 0 fully saturated rings. The molecule has 2 rings (SSSR count). The van der Waals surface area contributed by atoms with Gasteiger partial charge in [-0.1, -0.05) is 25.1 Å². The van der Waals surface area contributed by atoms with Crippen LogP contribution in [0.2, 0.25) is 0 Å². The number of halogens is 1. The van der Waals surface area contributed by atoms with E-state index < -0.39 is 5.97 Å². The molecule has 1 aromatic carbocycles. The van der Waals surface area contributed by atoms with Gasteiger partial charge in [-0.25, -0.2) is 14.2 Å². The predicted molar refractivity (Wildman–Crippen MR) is 80.4 cm³/mol. The highest BCUT2D eigenvalue weighted by atomic mass is 32.1. The Bertz CT molecular complexity index is 687. The van der Waals surface area contributed by atoms with Crippen molar-refractivity contribution in [2.24, 2.45) is 0 Å². The summed E-state index contributed by atoms with van der Waals surface area (Å²) >= 11 is 1.17. The van der Waals surface area contributed by atoms with Gasteiger partial charge in [-0.15, -0.1) is 11.3 Å². The third-order valence-electron chi connectivity index (χ3n) is 3.14. The molecule has 1 amide bonds. The second kappa shape index (κ2) is 7.13. The van der Waals surface area contributed by atoms with Gasteiger partial charge >= 0.3 is 5.97 Å². The molecule has 0 aliphatic rings. The first-order chi connectivity index (χ1) is 10.5. The Kier molecular flexibility index (Phi) is 5.21. The highest BCUT2D eigenvalue weighted by Crippen LogP contribution is 2.21. The molecule has 1 atom stereocenters. The van der Waals surface area contributed by atoms with Gasteiger partial charge in [0.2, 0.25) is 5.91 Å². The molecule has 5 nitrogen and oxygen atoms in total. The number of thiazole rings is 1. The highest BCUT2D eigenvalue weighted by Gasteiger charge is 2.15. The van der Waals surface area contributed by atoms with Gasteiger partial charge in [0.05, 0.1) is 6.54 Å². The predicted octanol–water partition coefficient (Wildman–Crippen LogP) is 2.79. The summed E-state index contributed by atoms with van der Waals surface area (Å²) in [5, 5.41) is 13.4. The summed E-state index contributed by atoms with van der Waals surface area (Å²) in [6.45, 7) is 1.95. The van der Waals surface area contributed by atoms with Crippen LogP contribution in [-0.4, -0.2) is 22.0 Å². The molecule has 116 valence electrons. The van der Waals surface area contributed by atoms with E-state index in [4.69, 9.17) is 5.11 Å². The first kappa shape index (κ1) is 16.1. The minimum absolute atomic E-state index is 0.0334. The Morgan fingerprint density at radius 2 is 2.14 bits per heavy atom. The molecule has 0 aliphatic heterocycles. The minimum Gasteiger partial charge on any atom is -0.476 e. The molecule has 1 aromatic heterocycles. The summed E-state index contributed by atoms with van der Waals surface area (Å²) in [7, 11) is 0. The highest BCUT2D eigenvalue weighted by molar-refractivity contribution is 7.09. The molecule has 1 heterocycles. The fraction of sp³-hybridized carbons (Fsp3) is 0.267. The molecule has 2 N–H and O–H groups in total. The zero-order chi connectivity index (χ0) is 16.1. The monoisotopic (exact) mass is 322 g/mol. The molecule has 0 saturated carbocycles. The number of aromatic nitrogens is 1. The van der Waals surface area contributed by atoms with Gasteiger partial charge < -0.3 is 10.4 Å². The number of carboxylic acids is 1. The summed E-state index contributed by atoms with van der Waals surface area (Å²) in [5.41, 5.74) is 0.467. The number of rotatable bonds is 6. The Labute approximate surface area is 130 Å². The summed E-state index contributed by atoms with van der Waals surface area (Å²) in [6, 6.07) is 6.36. The molecule has 1 unspecified atom stereocenters. The number of benzene rings is 1. The first-order valence-corrected chi connectivity index (χ1v) is 7.54. The number of nitrogens with zero attached hydrogens (tertiary/aromatic N) is 1. The minimum atomic E-state index is -1.10. The third kappa shape index (κ3) is 4.11. The average molecular weight is 322 g/mol. The molecule has 2 aromatic rings. The quantitative estimate of drug-likeness (QED) is 0.857. The standard InChI is InChI=1S/C15H15FN2O3S/c1-9(10-4-2-3-5-11(10)16)6-13(19)17-7-14-18-12(8-22-14)15(20)21/h2-5,8-9H,6-7H2,1H3,(H,17,19)(H,20,21). The van der Waals surface area contributed by atoms with E-state index in [9.17, 15) is 14.0 Å². The first-order valence-electron chi connectivity index (χ1n) is 6.66.